The van der Waals surface area contributed by atoms with E-state index in [1.54, 1.807) is 0 Å². The predicted octanol–water partition coefficient (Wildman–Crippen LogP) is 1.73. The van der Waals surface area contributed by atoms with Gasteiger partial charge in [-0.05, 0) is 23.6 Å². The summed E-state index contributed by atoms with van der Waals surface area (Å²) in [7, 11) is 2.17. The van der Waals surface area contributed by atoms with Gasteiger partial charge in [-0.25, -0.2) is 0 Å². The zero-order valence-corrected chi connectivity index (χ0v) is 12.5. The van der Waals surface area contributed by atoms with Crippen molar-refractivity contribution in [1.29, 1.82) is 0 Å². The number of anilines is 1. The van der Waals surface area contributed by atoms with Gasteiger partial charge in [0.25, 0.3) is 0 Å². The summed E-state index contributed by atoms with van der Waals surface area (Å²) in [5, 5.41) is 0. The molecular weight excluding hydrogens is 254 g/mol. The molecule has 0 bridgehead atoms. The summed E-state index contributed by atoms with van der Waals surface area (Å²) in [6.07, 6.45) is 1.17. The number of benzene rings is 1. The first kappa shape index (κ1) is 13.3. The van der Waals surface area contributed by atoms with Crippen LogP contribution in [0.5, 0.6) is 0 Å². The van der Waals surface area contributed by atoms with Crippen molar-refractivity contribution in [3.05, 3.63) is 29.3 Å². The zero-order chi connectivity index (χ0) is 13.2. The van der Waals surface area contributed by atoms with E-state index in [4.69, 9.17) is 5.73 Å². The van der Waals surface area contributed by atoms with Crippen molar-refractivity contribution in [3.8, 4) is 0 Å². The highest BCUT2D eigenvalue weighted by atomic mass is 32.2. The van der Waals surface area contributed by atoms with Crippen LogP contribution in [0.4, 0.5) is 5.69 Å². The van der Waals surface area contributed by atoms with Gasteiger partial charge < -0.3 is 10.6 Å². The van der Waals surface area contributed by atoms with E-state index in [0.29, 0.717) is 6.04 Å². The summed E-state index contributed by atoms with van der Waals surface area (Å²) < 4.78 is 0. The van der Waals surface area contributed by atoms with Gasteiger partial charge in [0.1, 0.15) is 0 Å². The van der Waals surface area contributed by atoms with Gasteiger partial charge in [-0.3, -0.25) is 4.90 Å². The normalized spacial score (nSPS) is 21.5. The van der Waals surface area contributed by atoms with Crippen LogP contribution in [0, 0.1) is 0 Å². The molecule has 0 amide bonds. The highest BCUT2D eigenvalue weighted by Gasteiger charge is 2.23. The molecule has 1 aromatic carbocycles. The topological polar surface area (TPSA) is 32.5 Å². The van der Waals surface area contributed by atoms with Crippen molar-refractivity contribution >= 4 is 17.4 Å². The Balaban J connectivity index is 1.83. The van der Waals surface area contributed by atoms with Crippen LogP contribution >= 0.6 is 11.8 Å². The van der Waals surface area contributed by atoms with Crippen LogP contribution in [-0.4, -0.2) is 49.6 Å². The Morgan fingerprint density at radius 2 is 2.05 bits per heavy atom. The van der Waals surface area contributed by atoms with Gasteiger partial charge in [-0.2, -0.15) is 11.8 Å². The van der Waals surface area contributed by atoms with Crippen molar-refractivity contribution in [2.75, 3.05) is 49.6 Å². The Labute approximate surface area is 120 Å². The fourth-order valence-corrected chi connectivity index (χ4v) is 4.11. The van der Waals surface area contributed by atoms with E-state index in [0.717, 1.165) is 13.1 Å². The Morgan fingerprint density at radius 1 is 1.26 bits per heavy atom. The Hall–Kier alpha value is -0.710. The smallest absolute Gasteiger partial charge is 0.0471 e. The summed E-state index contributed by atoms with van der Waals surface area (Å²) in [6.45, 7) is 4.21. The molecule has 0 spiro atoms. The SMILES string of the molecule is CN1CCc2cc(C(CN)N3CCSCC3)ccc21. The lowest BCUT2D eigenvalue weighted by molar-refractivity contribution is 0.223. The standard InChI is InChI=1S/C15H23N3S/c1-17-5-4-13-10-12(2-3-14(13)17)15(11-16)18-6-8-19-9-7-18/h2-3,10,15H,4-9,11,16H2,1H3. The van der Waals surface area contributed by atoms with E-state index < -0.39 is 0 Å². The number of hydrogen-bond donors (Lipinski definition) is 1. The van der Waals surface area contributed by atoms with Gasteiger partial charge in [0.15, 0.2) is 0 Å². The fourth-order valence-electron chi connectivity index (χ4n) is 3.18. The summed E-state index contributed by atoms with van der Waals surface area (Å²) in [4.78, 5) is 4.89. The van der Waals surface area contributed by atoms with Crippen LogP contribution in [0.15, 0.2) is 18.2 Å². The van der Waals surface area contributed by atoms with Gasteiger partial charge in [0, 0.05) is 56.5 Å². The van der Waals surface area contributed by atoms with Crippen LogP contribution in [0.3, 0.4) is 0 Å². The molecule has 1 atom stereocenters. The maximum Gasteiger partial charge on any atom is 0.0471 e. The van der Waals surface area contributed by atoms with E-state index in [1.165, 1.54) is 47.8 Å². The molecule has 0 aliphatic carbocycles. The minimum absolute atomic E-state index is 0.400. The molecule has 19 heavy (non-hydrogen) atoms. The first-order chi connectivity index (χ1) is 9.29. The third-order valence-electron chi connectivity index (χ3n) is 4.33. The first-order valence-corrected chi connectivity index (χ1v) is 8.31. The van der Waals surface area contributed by atoms with Gasteiger partial charge in [0.2, 0.25) is 0 Å². The number of nitrogens with two attached hydrogens (primary N) is 1. The Bertz CT molecular complexity index is 443. The molecule has 2 aliphatic heterocycles. The number of rotatable bonds is 3. The van der Waals surface area contributed by atoms with Crippen molar-refractivity contribution < 1.29 is 0 Å². The number of thioether (sulfide) groups is 1. The predicted molar refractivity (Wildman–Crippen MR) is 84.1 cm³/mol. The zero-order valence-electron chi connectivity index (χ0n) is 11.6. The maximum absolute atomic E-state index is 6.05. The average Bonchev–Trinajstić information content (AvgIpc) is 2.82. The Morgan fingerprint density at radius 3 is 2.79 bits per heavy atom. The molecule has 3 nitrogen and oxygen atoms in total. The van der Waals surface area contributed by atoms with Gasteiger partial charge in [-0.15, -0.1) is 0 Å². The van der Waals surface area contributed by atoms with Crippen LogP contribution in [0.25, 0.3) is 0 Å². The quantitative estimate of drug-likeness (QED) is 0.912. The molecule has 2 N–H and O–H groups in total. The molecule has 0 radical (unpaired) electrons. The van der Waals surface area contributed by atoms with E-state index in [2.05, 4.69) is 46.8 Å². The lowest BCUT2D eigenvalue weighted by Gasteiger charge is -2.34. The largest absolute Gasteiger partial charge is 0.374 e. The fraction of sp³-hybridized carbons (Fsp3) is 0.600. The second-order valence-electron chi connectivity index (χ2n) is 5.46. The molecule has 0 saturated carbocycles. The average molecular weight is 277 g/mol. The minimum atomic E-state index is 0.400. The van der Waals surface area contributed by atoms with E-state index >= 15 is 0 Å². The van der Waals surface area contributed by atoms with Gasteiger partial charge >= 0.3 is 0 Å². The second-order valence-corrected chi connectivity index (χ2v) is 6.68. The molecule has 1 fully saturated rings. The van der Waals surface area contributed by atoms with Crippen LogP contribution in [0.1, 0.15) is 17.2 Å². The highest BCUT2D eigenvalue weighted by Crippen LogP contribution is 2.31. The Kier molecular flexibility index (Phi) is 4.01. The number of nitrogens with zero attached hydrogens (tertiary/aromatic N) is 2. The molecule has 1 unspecified atom stereocenters. The van der Waals surface area contributed by atoms with E-state index in [-0.39, 0.29) is 0 Å². The molecule has 2 aliphatic rings. The molecule has 104 valence electrons. The number of likely N-dealkylation sites (N-methyl/N-ethyl adjacent to an activating group) is 1. The summed E-state index contributed by atoms with van der Waals surface area (Å²) in [5.41, 5.74) is 10.3. The monoisotopic (exact) mass is 277 g/mol. The van der Waals surface area contributed by atoms with Crippen LogP contribution < -0.4 is 10.6 Å². The molecule has 1 saturated heterocycles. The van der Waals surface area contributed by atoms with Gasteiger partial charge in [0.05, 0.1) is 0 Å². The third-order valence-corrected chi connectivity index (χ3v) is 5.27. The minimum Gasteiger partial charge on any atom is -0.374 e. The van der Waals surface area contributed by atoms with Gasteiger partial charge in [-0.1, -0.05) is 12.1 Å². The second kappa shape index (κ2) is 5.73. The van der Waals surface area contributed by atoms with Crippen LogP contribution in [0.2, 0.25) is 0 Å². The van der Waals surface area contributed by atoms with Crippen LogP contribution in [-0.2, 0) is 6.42 Å². The first-order valence-electron chi connectivity index (χ1n) is 7.15. The molecule has 2 heterocycles. The highest BCUT2D eigenvalue weighted by molar-refractivity contribution is 7.99. The molecule has 1 aromatic rings. The summed E-state index contributed by atoms with van der Waals surface area (Å²) in [5.74, 6) is 2.48. The summed E-state index contributed by atoms with van der Waals surface area (Å²) >= 11 is 2.05. The van der Waals surface area contributed by atoms with E-state index in [1.807, 2.05) is 0 Å². The number of fused-ring (bicyclic) bond motifs is 1. The maximum atomic E-state index is 6.05. The molecule has 4 heteroatoms. The molecule has 3 rings (SSSR count). The molecule has 0 aromatic heterocycles. The van der Waals surface area contributed by atoms with Crippen molar-refractivity contribution in [2.24, 2.45) is 5.73 Å². The number of hydrogen-bond acceptors (Lipinski definition) is 4. The third kappa shape index (κ3) is 2.62. The lowest BCUT2D eigenvalue weighted by Crippen LogP contribution is -2.39. The van der Waals surface area contributed by atoms with Crippen molar-refractivity contribution in [3.63, 3.8) is 0 Å². The lowest BCUT2D eigenvalue weighted by atomic mass is 10.0. The van der Waals surface area contributed by atoms with Crippen molar-refractivity contribution in [1.82, 2.24) is 4.90 Å². The summed E-state index contributed by atoms with van der Waals surface area (Å²) in [6, 6.07) is 7.34. The van der Waals surface area contributed by atoms with Crippen molar-refractivity contribution in [2.45, 2.75) is 12.5 Å². The van der Waals surface area contributed by atoms with E-state index in [9.17, 15) is 0 Å². The molecular formula is C15H23N3S.